The summed E-state index contributed by atoms with van der Waals surface area (Å²) in [5.74, 6) is -1.48. The Labute approximate surface area is 144 Å². The van der Waals surface area contributed by atoms with E-state index >= 15 is 0 Å². The molecule has 0 spiro atoms. The predicted octanol–water partition coefficient (Wildman–Crippen LogP) is 2.96. The summed E-state index contributed by atoms with van der Waals surface area (Å²) in [5.41, 5.74) is 0.691. The monoisotopic (exact) mass is 343 g/mol. The van der Waals surface area contributed by atoms with Gasteiger partial charge in [-0.3, -0.25) is 9.59 Å². The highest BCUT2D eigenvalue weighted by molar-refractivity contribution is 6.05. The van der Waals surface area contributed by atoms with Crippen LogP contribution in [-0.2, 0) is 4.79 Å². The summed E-state index contributed by atoms with van der Waals surface area (Å²) in [7, 11) is 1.40. The number of aromatic carboxylic acids is 1. The molecule has 0 heterocycles. The first-order valence-corrected chi connectivity index (χ1v) is 7.48. The van der Waals surface area contributed by atoms with Crippen molar-refractivity contribution in [1.29, 1.82) is 0 Å². The van der Waals surface area contributed by atoms with Crippen LogP contribution in [0, 0.1) is 0 Å². The summed E-state index contributed by atoms with van der Waals surface area (Å²) >= 11 is 0. The van der Waals surface area contributed by atoms with E-state index in [-0.39, 0.29) is 29.0 Å². The Morgan fingerprint density at radius 2 is 1.80 bits per heavy atom. The molecule has 2 rings (SSSR count). The third kappa shape index (κ3) is 4.57. The lowest BCUT2D eigenvalue weighted by atomic mass is 10.1. The van der Waals surface area contributed by atoms with E-state index in [4.69, 9.17) is 14.6 Å². The summed E-state index contributed by atoms with van der Waals surface area (Å²) in [5, 5.41) is 11.6. The van der Waals surface area contributed by atoms with E-state index in [1.807, 2.05) is 0 Å². The summed E-state index contributed by atoms with van der Waals surface area (Å²) in [6, 6.07) is 10.3. The minimum Gasteiger partial charge on any atom is -0.493 e. The van der Waals surface area contributed by atoms with Crippen LogP contribution in [-0.4, -0.2) is 30.1 Å². The Kier molecular flexibility index (Phi) is 5.73. The van der Waals surface area contributed by atoms with Gasteiger partial charge in [0, 0.05) is 17.7 Å². The Hall–Kier alpha value is -3.35. The summed E-state index contributed by atoms with van der Waals surface area (Å²) < 4.78 is 10.3. The van der Waals surface area contributed by atoms with Crippen LogP contribution in [0.1, 0.15) is 34.1 Å². The minimum absolute atomic E-state index is 0.0669. The topological polar surface area (TPSA) is 102 Å². The molecule has 25 heavy (non-hydrogen) atoms. The normalized spacial score (nSPS) is 10.0. The van der Waals surface area contributed by atoms with Crippen molar-refractivity contribution >= 4 is 23.5 Å². The lowest BCUT2D eigenvalue weighted by molar-refractivity contribution is -0.134. The van der Waals surface area contributed by atoms with Crippen LogP contribution in [0.5, 0.6) is 11.5 Å². The van der Waals surface area contributed by atoms with Gasteiger partial charge in [0.05, 0.1) is 12.7 Å². The quantitative estimate of drug-likeness (QED) is 0.617. The number of carboxylic acids is 1. The van der Waals surface area contributed by atoms with Gasteiger partial charge in [0.1, 0.15) is 0 Å². The maximum absolute atomic E-state index is 12.3. The number of carbonyl (C=O) groups excluding carboxylic acids is 2. The number of hydrogen-bond acceptors (Lipinski definition) is 5. The first-order chi connectivity index (χ1) is 11.9. The highest BCUT2D eigenvalue weighted by Gasteiger charge is 2.14. The van der Waals surface area contributed by atoms with Crippen molar-refractivity contribution in [3.05, 3.63) is 53.6 Å². The number of nitrogens with one attached hydrogen (secondary N) is 1. The van der Waals surface area contributed by atoms with Crippen LogP contribution in [0.15, 0.2) is 42.5 Å². The van der Waals surface area contributed by atoms with Crippen molar-refractivity contribution in [2.75, 3.05) is 12.4 Å². The van der Waals surface area contributed by atoms with Crippen molar-refractivity contribution < 1.29 is 29.0 Å². The van der Waals surface area contributed by atoms with Crippen LogP contribution in [0.2, 0.25) is 0 Å². The molecule has 130 valence electrons. The number of amides is 1. The summed E-state index contributed by atoms with van der Waals surface area (Å²) in [6.45, 7) is 1.67. The van der Waals surface area contributed by atoms with E-state index < -0.39 is 17.8 Å². The highest BCUT2D eigenvalue weighted by atomic mass is 16.6. The number of anilines is 1. The highest BCUT2D eigenvalue weighted by Crippen LogP contribution is 2.28. The predicted molar refractivity (Wildman–Crippen MR) is 90.3 cm³/mol. The number of esters is 1. The van der Waals surface area contributed by atoms with Crippen LogP contribution < -0.4 is 14.8 Å². The largest absolute Gasteiger partial charge is 0.493 e. The molecule has 0 aromatic heterocycles. The third-order valence-electron chi connectivity index (χ3n) is 3.31. The number of benzene rings is 2. The van der Waals surface area contributed by atoms with Crippen LogP contribution in [0.25, 0.3) is 0 Å². The molecule has 0 aliphatic heterocycles. The van der Waals surface area contributed by atoms with Gasteiger partial charge in [-0.15, -0.1) is 0 Å². The van der Waals surface area contributed by atoms with Gasteiger partial charge in [0.25, 0.3) is 5.91 Å². The van der Waals surface area contributed by atoms with Crippen LogP contribution in [0.4, 0.5) is 5.69 Å². The van der Waals surface area contributed by atoms with Crippen molar-refractivity contribution in [3.8, 4) is 11.5 Å². The molecule has 0 saturated heterocycles. The molecule has 0 atom stereocenters. The van der Waals surface area contributed by atoms with Gasteiger partial charge in [0.2, 0.25) is 0 Å². The molecule has 0 bridgehead atoms. The molecule has 2 N–H and O–H groups in total. The maximum atomic E-state index is 12.3. The molecule has 0 unspecified atom stereocenters. The fourth-order valence-electron chi connectivity index (χ4n) is 2.02. The lowest BCUT2D eigenvalue weighted by Crippen LogP contribution is -2.13. The lowest BCUT2D eigenvalue weighted by Gasteiger charge is -2.11. The number of hydrogen-bond donors (Lipinski definition) is 2. The average Bonchev–Trinajstić information content (AvgIpc) is 2.61. The molecule has 1 amide bonds. The summed E-state index contributed by atoms with van der Waals surface area (Å²) in [4.78, 5) is 34.7. The molecular weight excluding hydrogens is 326 g/mol. The van der Waals surface area contributed by atoms with Crippen LogP contribution in [0.3, 0.4) is 0 Å². The van der Waals surface area contributed by atoms with Gasteiger partial charge in [-0.1, -0.05) is 13.0 Å². The molecule has 0 saturated carbocycles. The molecule has 0 aliphatic carbocycles. The van der Waals surface area contributed by atoms with Gasteiger partial charge in [-0.2, -0.15) is 0 Å². The standard InChI is InChI=1S/C18H17NO6/c1-3-16(20)25-14-8-7-11(10-15(14)24-2)17(21)19-13-6-4-5-12(9-13)18(22)23/h4-10H,3H2,1-2H3,(H,19,21)(H,22,23). The van der Waals surface area contributed by atoms with Crippen molar-refractivity contribution in [2.45, 2.75) is 13.3 Å². The van der Waals surface area contributed by atoms with Gasteiger partial charge in [-0.05, 0) is 36.4 Å². The zero-order valence-corrected chi connectivity index (χ0v) is 13.7. The van der Waals surface area contributed by atoms with Gasteiger partial charge in [0.15, 0.2) is 11.5 Å². The summed E-state index contributed by atoms with van der Waals surface area (Å²) in [6.07, 6.45) is 0.214. The second kappa shape index (κ2) is 7.96. The SMILES string of the molecule is CCC(=O)Oc1ccc(C(=O)Nc2cccc(C(=O)O)c2)cc1OC. The molecule has 2 aromatic carbocycles. The fourth-order valence-corrected chi connectivity index (χ4v) is 2.02. The second-order valence-electron chi connectivity index (χ2n) is 5.03. The molecule has 7 heteroatoms. The maximum Gasteiger partial charge on any atom is 0.335 e. The van der Waals surface area contributed by atoms with Crippen LogP contribution >= 0.6 is 0 Å². The van der Waals surface area contributed by atoms with E-state index in [2.05, 4.69) is 5.32 Å². The first-order valence-electron chi connectivity index (χ1n) is 7.48. The number of ether oxygens (including phenoxy) is 2. The van der Waals surface area contributed by atoms with E-state index in [0.717, 1.165) is 0 Å². The molecule has 2 aromatic rings. The molecule has 7 nitrogen and oxygen atoms in total. The first kappa shape index (κ1) is 18.0. The zero-order chi connectivity index (χ0) is 18.4. The Morgan fingerprint density at radius 3 is 2.44 bits per heavy atom. The minimum atomic E-state index is -1.08. The molecule has 0 radical (unpaired) electrons. The Bertz CT molecular complexity index is 815. The molecule has 0 aliphatic rings. The molecule has 0 fully saturated rings. The van der Waals surface area contributed by atoms with Gasteiger partial charge < -0.3 is 19.9 Å². The Morgan fingerprint density at radius 1 is 1.04 bits per heavy atom. The number of carbonyl (C=O) groups is 3. The zero-order valence-electron chi connectivity index (χ0n) is 13.7. The van der Waals surface area contributed by atoms with Gasteiger partial charge in [-0.25, -0.2) is 4.79 Å². The van der Waals surface area contributed by atoms with E-state index in [1.54, 1.807) is 13.0 Å². The molecular formula is C18H17NO6. The Balaban J connectivity index is 2.20. The fraction of sp³-hybridized carbons (Fsp3) is 0.167. The average molecular weight is 343 g/mol. The third-order valence-corrected chi connectivity index (χ3v) is 3.31. The second-order valence-corrected chi connectivity index (χ2v) is 5.03. The van der Waals surface area contributed by atoms with Crippen molar-refractivity contribution in [3.63, 3.8) is 0 Å². The number of carboxylic acid groups (broad SMARTS) is 1. The van der Waals surface area contributed by atoms with E-state index in [1.165, 1.54) is 43.5 Å². The van der Waals surface area contributed by atoms with E-state index in [9.17, 15) is 14.4 Å². The van der Waals surface area contributed by atoms with Crippen molar-refractivity contribution in [2.24, 2.45) is 0 Å². The number of methoxy groups -OCH3 is 1. The smallest absolute Gasteiger partial charge is 0.335 e. The van der Waals surface area contributed by atoms with Gasteiger partial charge >= 0.3 is 11.9 Å². The van der Waals surface area contributed by atoms with Crippen molar-refractivity contribution in [1.82, 2.24) is 0 Å². The number of rotatable bonds is 6. The van der Waals surface area contributed by atoms with E-state index in [0.29, 0.717) is 5.69 Å².